The third-order valence-electron chi connectivity index (χ3n) is 4.12. The lowest BCUT2D eigenvalue weighted by Crippen LogP contribution is -2.48. The van der Waals surface area contributed by atoms with Crippen LogP contribution in [-0.4, -0.2) is 35.6 Å². The summed E-state index contributed by atoms with van der Waals surface area (Å²) >= 11 is 0. The number of aryl methyl sites for hydroxylation is 2. The number of nitrogens with one attached hydrogen (secondary N) is 1. The Hall–Kier alpha value is -1.85. The van der Waals surface area contributed by atoms with Crippen LogP contribution >= 0.6 is 12.4 Å². The molecule has 1 aliphatic heterocycles. The Labute approximate surface area is 142 Å². The molecule has 0 radical (unpaired) electrons. The Balaban J connectivity index is 0.00000192. The molecule has 5 nitrogen and oxygen atoms in total. The Kier molecular flexibility index (Phi) is 5.80. The number of rotatable bonds is 3. The molecule has 1 atom stereocenters. The molecule has 0 spiro atoms. The fraction of sp³-hybridized carbons (Fsp3) is 0.412. The number of piperazine rings is 1. The molecule has 2 heterocycles. The van der Waals surface area contributed by atoms with Gasteiger partial charge in [0.25, 0.3) is 5.91 Å². The molecule has 1 unspecified atom stereocenters. The first kappa shape index (κ1) is 17.5. The third-order valence-corrected chi connectivity index (χ3v) is 4.12. The van der Waals surface area contributed by atoms with Crippen molar-refractivity contribution in [1.82, 2.24) is 15.4 Å². The Morgan fingerprint density at radius 1 is 1.39 bits per heavy atom. The molecule has 1 saturated heterocycles. The van der Waals surface area contributed by atoms with E-state index < -0.39 is 0 Å². The first-order chi connectivity index (χ1) is 10.7. The van der Waals surface area contributed by atoms with E-state index in [9.17, 15) is 4.79 Å². The van der Waals surface area contributed by atoms with E-state index in [1.807, 2.05) is 11.8 Å². The molecule has 0 saturated carbocycles. The molecule has 1 amide bonds. The van der Waals surface area contributed by atoms with Crippen LogP contribution in [0, 0.1) is 6.92 Å². The van der Waals surface area contributed by atoms with E-state index in [1.54, 1.807) is 6.07 Å². The highest BCUT2D eigenvalue weighted by Crippen LogP contribution is 2.25. The van der Waals surface area contributed by atoms with Crippen molar-refractivity contribution < 1.29 is 9.32 Å². The van der Waals surface area contributed by atoms with Crippen LogP contribution in [-0.2, 0) is 6.42 Å². The minimum absolute atomic E-state index is 0. The largest absolute Gasteiger partial charge is 0.351 e. The van der Waals surface area contributed by atoms with Gasteiger partial charge in [-0.3, -0.25) is 4.79 Å². The zero-order chi connectivity index (χ0) is 15.5. The Morgan fingerprint density at radius 2 is 2.13 bits per heavy atom. The number of amides is 1. The topological polar surface area (TPSA) is 58.4 Å². The molecule has 1 aromatic heterocycles. The zero-order valence-electron chi connectivity index (χ0n) is 13.4. The molecule has 2 aromatic rings. The van der Waals surface area contributed by atoms with Gasteiger partial charge in [-0.15, -0.1) is 12.4 Å². The molecular formula is C17H22ClN3O2. The molecule has 1 aliphatic rings. The van der Waals surface area contributed by atoms with Gasteiger partial charge in [0.05, 0.1) is 11.7 Å². The molecule has 1 N–H and O–H groups in total. The average molecular weight is 336 g/mol. The van der Waals surface area contributed by atoms with E-state index in [1.165, 1.54) is 5.56 Å². The lowest BCUT2D eigenvalue weighted by molar-refractivity contribution is 0.0592. The van der Waals surface area contributed by atoms with Crippen LogP contribution < -0.4 is 5.32 Å². The number of hydrogen-bond donors (Lipinski definition) is 1. The number of benzene rings is 1. The molecule has 3 rings (SSSR count). The van der Waals surface area contributed by atoms with Gasteiger partial charge in [-0.05, 0) is 24.5 Å². The van der Waals surface area contributed by atoms with E-state index in [2.05, 4.69) is 41.7 Å². The highest BCUT2D eigenvalue weighted by molar-refractivity contribution is 5.91. The summed E-state index contributed by atoms with van der Waals surface area (Å²) < 4.78 is 5.14. The highest BCUT2D eigenvalue weighted by atomic mass is 35.5. The quantitative estimate of drug-likeness (QED) is 0.937. The van der Waals surface area contributed by atoms with Crippen molar-refractivity contribution >= 4 is 18.3 Å². The van der Waals surface area contributed by atoms with Crippen molar-refractivity contribution in [3.8, 4) is 0 Å². The maximum Gasteiger partial charge on any atom is 0.293 e. The average Bonchev–Trinajstić information content (AvgIpc) is 3.01. The maximum absolute atomic E-state index is 12.7. The minimum Gasteiger partial charge on any atom is -0.351 e. The second-order valence-electron chi connectivity index (χ2n) is 5.65. The summed E-state index contributed by atoms with van der Waals surface area (Å²) in [7, 11) is 0. The second kappa shape index (κ2) is 7.62. The minimum atomic E-state index is -0.0910. The van der Waals surface area contributed by atoms with Gasteiger partial charge in [0.2, 0.25) is 5.76 Å². The fourth-order valence-electron chi connectivity index (χ4n) is 2.83. The van der Waals surface area contributed by atoms with E-state index in [4.69, 9.17) is 4.52 Å². The fourth-order valence-corrected chi connectivity index (χ4v) is 2.83. The van der Waals surface area contributed by atoms with Crippen LogP contribution in [0.3, 0.4) is 0 Å². The molecule has 1 fully saturated rings. The molecule has 1 aromatic carbocycles. The van der Waals surface area contributed by atoms with Crippen molar-refractivity contribution in [2.24, 2.45) is 0 Å². The van der Waals surface area contributed by atoms with Crippen LogP contribution in [0.25, 0.3) is 0 Å². The smallest absolute Gasteiger partial charge is 0.293 e. The van der Waals surface area contributed by atoms with Crippen LogP contribution in [0.4, 0.5) is 0 Å². The number of aromatic nitrogens is 1. The van der Waals surface area contributed by atoms with Gasteiger partial charge in [0, 0.05) is 25.7 Å². The van der Waals surface area contributed by atoms with Crippen LogP contribution in [0.2, 0.25) is 0 Å². The normalized spacial score (nSPS) is 17.7. The van der Waals surface area contributed by atoms with Gasteiger partial charge in [-0.25, -0.2) is 0 Å². The number of carbonyl (C=O) groups excluding carboxylic acids is 1. The number of nitrogens with zero attached hydrogens (tertiary/aromatic N) is 2. The van der Waals surface area contributed by atoms with E-state index in [0.717, 1.165) is 30.8 Å². The van der Waals surface area contributed by atoms with E-state index in [0.29, 0.717) is 12.3 Å². The number of carbonyl (C=O) groups is 1. The lowest BCUT2D eigenvalue weighted by Gasteiger charge is -2.36. The highest BCUT2D eigenvalue weighted by Gasteiger charge is 2.30. The summed E-state index contributed by atoms with van der Waals surface area (Å²) in [4.78, 5) is 14.6. The third kappa shape index (κ3) is 3.74. The summed E-state index contributed by atoms with van der Waals surface area (Å²) in [5.41, 5.74) is 3.17. The van der Waals surface area contributed by atoms with E-state index in [-0.39, 0.29) is 24.4 Å². The predicted molar refractivity (Wildman–Crippen MR) is 91.0 cm³/mol. The number of hydrogen-bond acceptors (Lipinski definition) is 4. The molecule has 6 heteroatoms. The van der Waals surface area contributed by atoms with Crippen LogP contribution in [0.1, 0.15) is 40.3 Å². The Morgan fingerprint density at radius 3 is 2.74 bits per heavy atom. The van der Waals surface area contributed by atoms with Gasteiger partial charge in [-0.2, -0.15) is 0 Å². The number of halogens is 1. The Bertz CT molecular complexity index is 654. The first-order valence-electron chi connectivity index (χ1n) is 7.73. The van der Waals surface area contributed by atoms with Crippen LogP contribution in [0.15, 0.2) is 34.9 Å². The molecule has 124 valence electrons. The van der Waals surface area contributed by atoms with Gasteiger partial charge in [0.1, 0.15) is 0 Å². The molecule has 23 heavy (non-hydrogen) atoms. The van der Waals surface area contributed by atoms with Gasteiger partial charge in [-0.1, -0.05) is 36.3 Å². The molecule has 0 bridgehead atoms. The summed E-state index contributed by atoms with van der Waals surface area (Å²) in [6, 6.07) is 10.2. The summed E-state index contributed by atoms with van der Waals surface area (Å²) in [5.74, 6) is 0.223. The SMILES string of the molecule is CCc1ccc(C2CNCCN2C(=O)c2cc(C)no2)cc1.Cl. The molecular weight excluding hydrogens is 314 g/mol. The molecule has 0 aliphatic carbocycles. The van der Waals surface area contributed by atoms with E-state index >= 15 is 0 Å². The first-order valence-corrected chi connectivity index (χ1v) is 7.73. The van der Waals surface area contributed by atoms with Crippen LogP contribution in [0.5, 0.6) is 0 Å². The summed E-state index contributed by atoms with van der Waals surface area (Å²) in [6.45, 7) is 6.17. The van der Waals surface area contributed by atoms with Gasteiger partial charge < -0.3 is 14.7 Å². The zero-order valence-corrected chi connectivity index (χ0v) is 14.2. The van der Waals surface area contributed by atoms with Gasteiger partial charge in [0.15, 0.2) is 0 Å². The van der Waals surface area contributed by atoms with Crippen molar-refractivity contribution in [2.75, 3.05) is 19.6 Å². The van der Waals surface area contributed by atoms with Crippen molar-refractivity contribution in [3.63, 3.8) is 0 Å². The van der Waals surface area contributed by atoms with Crippen molar-refractivity contribution in [1.29, 1.82) is 0 Å². The van der Waals surface area contributed by atoms with Crippen molar-refractivity contribution in [2.45, 2.75) is 26.3 Å². The predicted octanol–water partition coefficient (Wildman–Crippen LogP) is 2.75. The lowest BCUT2D eigenvalue weighted by atomic mass is 10.0. The monoisotopic (exact) mass is 335 g/mol. The second-order valence-corrected chi connectivity index (χ2v) is 5.65. The van der Waals surface area contributed by atoms with Gasteiger partial charge >= 0.3 is 0 Å². The van der Waals surface area contributed by atoms with Crippen molar-refractivity contribution in [3.05, 3.63) is 52.9 Å². The summed E-state index contributed by atoms with van der Waals surface area (Å²) in [6.07, 6.45) is 1.02. The standard InChI is InChI=1S/C17H21N3O2.ClH/c1-3-13-4-6-14(7-5-13)15-11-18-8-9-20(15)17(21)16-10-12(2)19-22-16;/h4-7,10,15,18H,3,8-9,11H2,1-2H3;1H. The summed E-state index contributed by atoms with van der Waals surface area (Å²) in [5, 5.41) is 7.18. The maximum atomic E-state index is 12.7.